The SMILES string of the molecule is O=C(CCc1ccccc1)c1nc(-c2ccccn2)[nH]c(=O)c1O. The fourth-order valence-electron chi connectivity index (χ4n) is 2.31. The molecule has 0 amide bonds. The number of hydrogen-bond donors (Lipinski definition) is 2. The number of H-pyrrole nitrogens is 1. The number of aromatic nitrogens is 3. The van der Waals surface area contributed by atoms with Crippen molar-refractivity contribution in [1.82, 2.24) is 15.0 Å². The fourth-order valence-corrected chi connectivity index (χ4v) is 2.31. The quantitative estimate of drug-likeness (QED) is 0.703. The first-order valence-corrected chi connectivity index (χ1v) is 7.47. The molecule has 0 unspecified atom stereocenters. The van der Waals surface area contributed by atoms with E-state index in [2.05, 4.69) is 15.0 Å². The number of carbonyl (C=O) groups is 1. The Morgan fingerprint density at radius 3 is 2.54 bits per heavy atom. The number of ketones is 1. The molecule has 2 heterocycles. The minimum atomic E-state index is -0.756. The van der Waals surface area contributed by atoms with Gasteiger partial charge in [0.1, 0.15) is 5.69 Å². The summed E-state index contributed by atoms with van der Waals surface area (Å²) in [6.07, 6.45) is 2.21. The van der Waals surface area contributed by atoms with Crippen LogP contribution in [0.5, 0.6) is 5.75 Å². The molecule has 0 aliphatic rings. The van der Waals surface area contributed by atoms with Gasteiger partial charge >= 0.3 is 0 Å². The number of nitrogens with zero attached hydrogens (tertiary/aromatic N) is 2. The Morgan fingerprint density at radius 1 is 1.08 bits per heavy atom. The van der Waals surface area contributed by atoms with E-state index in [9.17, 15) is 14.7 Å². The standard InChI is InChI=1S/C18H15N3O3/c22-14(10-9-12-6-2-1-3-7-12)15-16(23)18(24)21-17(20-15)13-8-4-5-11-19-13/h1-8,11,23H,9-10H2,(H,20,21,24). The van der Waals surface area contributed by atoms with Gasteiger partial charge in [-0.2, -0.15) is 0 Å². The van der Waals surface area contributed by atoms with Gasteiger partial charge in [-0.15, -0.1) is 0 Å². The van der Waals surface area contributed by atoms with Crippen LogP contribution in [0.15, 0.2) is 59.5 Å². The van der Waals surface area contributed by atoms with Crippen LogP contribution in [0.2, 0.25) is 0 Å². The largest absolute Gasteiger partial charge is 0.501 e. The lowest BCUT2D eigenvalue weighted by Gasteiger charge is -2.06. The first kappa shape index (κ1) is 15.6. The van der Waals surface area contributed by atoms with Gasteiger partial charge in [-0.3, -0.25) is 14.6 Å². The summed E-state index contributed by atoms with van der Waals surface area (Å²) in [6, 6.07) is 14.6. The third-order valence-electron chi connectivity index (χ3n) is 3.55. The van der Waals surface area contributed by atoms with Crippen LogP contribution in [-0.2, 0) is 6.42 Å². The predicted molar refractivity (Wildman–Crippen MR) is 88.8 cm³/mol. The van der Waals surface area contributed by atoms with Crippen LogP contribution in [0.1, 0.15) is 22.5 Å². The number of rotatable bonds is 5. The van der Waals surface area contributed by atoms with Crippen molar-refractivity contribution in [3.05, 3.63) is 76.3 Å². The summed E-state index contributed by atoms with van der Waals surface area (Å²) < 4.78 is 0. The molecule has 120 valence electrons. The molecule has 0 spiro atoms. The number of benzene rings is 1. The second-order valence-electron chi connectivity index (χ2n) is 5.24. The van der Waals surface area contributed by atoms with Gasteiger partial charge in [-0.25, -0.2) is 4.98 Å². The predicted octanol–water partition coefficient (Wildman–Crippen LogP) is 2.35. The fraction of sp³-hybridized carbons (Fsp3) is 0.111. The van der Waals surface area contributed by atoms with Crippen molar-refractivity contribution in [2.24, 2.45) is 0 Å². The van der Waals surface area contributed by atoms with Crippen LogP contribution in [-0.4, -0.2) is 25.8 Å². The summed E-state index contributed by atoms with van der Waals surface area (Å²) in [5.41, 5.74) is 0.441. The minimum absolute atomic E-state index is 0.148. The molecule has 24 heavy (non-hydrogen) atoms. The highest BCUT2D eigenvalue weighted by atomic mass is 16.3. The highest BCUT2D eigenvalue weighted by Gasteiger charge is 2.18. The summed E-state index contributed by atoms with van der Waals surface area (Å²) >= 11 is 0. The molecule has 0 bridgehead atoms. The van der Waals surface area contributed by atoms with Gasteiger partial charge in [-0.05, 0) is 24.1 Å². The van der Waals surface area contributed by atoms with Gasteiger partial charge in [0.2, 0.25) is 5.75 Å². The van der Waals surface area contributed by atoms with Crippen molar-refractivity contribution >= 4 is 5.78 Å². The number of aryl methyl sites for hydroxylation is 1. The molecule has 0 saturated heterocycles. The van der Waals surface area contributed by atoms with E-state index in [1.807, 2.05) is 30.3 Å². The third-order valence-corrected chi connectivity index (χ3v) is 3.55. The van der Waals surface area contributed by atoms with E-state index in [1.54, 1.807) is 24.4 Å². The Morgan fingerprint density at radius 2 is 1.83 bits per heavy atom. The summed E-state index contributed by atoms with van der Waals surface area (Å²) in [5, 5.41) is 9.89. The van der Waals surface area contributed by atoms with Crippen molar-refractivity contribution in [3.8, 4) is 17.3 Å². The lowest BCUT2D eigenvalue weighted by Crippen LogP contribution is -2.16. The van der Waals surface area contributed by atoms with Gasteiger partial charge in [-0.1, -0.05) is 36.4 Å². The normalized spacial score (nSPS) is 10.5. The van der Waals surface area contributed by atoms with Gasteiger partial charge in [0.05, 0.1) is 0 Å². The molecule has 0 radical (unpaired) electrons. The highest BCUT2D eigenvalue weighted by molar-refractivity contribution is 5.97. The molecule has 2 aromatic heterocycles. The molecule has 0 atom stereocenters. The molecule has 3 rings (SSSR count). The molecule has 6 heteroatoms. The Labute approximate surface area is 137 Å². The van der Waals surface area contributed by atoms with Crippen molar-refractivity contribution in [2.45, 2.75) is 12.8 Å². The van der Waals surface area contributed by atoms with Crippen LogP contribution in [0, 0.1) is 0 Å². The molecule has 0 saturated carbocycles. The van der Waals surface area contributed by atoms with Gasteiger partial charge in [0, 0.05) is 12.6 Å². The molecule has 0 fully saturated rings. The summed E-state index contributed by atoms with van der Waals surface area (Å²) in [4.78, 5) is 34.9. The first-order valence-electron chi connectivity index (χ1n) is 7.47. The lowest BCUT2D eigenvalue weighted by atomic mass is 10.1. The van der Waals surface area contributed by atoms with Crippen LogP contribution in [0.3, 0.4) is 0 Å². The minimum Gasteiger partial charge on any atom is -0.501 e. The van der Waals surface area contributed by atoms with Crippen LogP contribution in [0.4, 0.5) is 0 Å². The maximum Gasteiger partial charge on any atom is 0.294 e. The van der Waals surface area contributed by atoms with Crippen LogP contribution < -0.4 is 5.56 Å². The second-order valence-corrected chi connectivity index (χ2v) is 5.24. The summed E-state index contributed by atoms with van der Waals surface area (Å²) in [5.74, 6) is -0.895. The number of hydrogen-bond acceptors (Lipinski definition) is 5. The zero-order valence-electron chi connectivity index (χ0n) is 12.8. The Kier molecular flexibility index (Phi) is 4.47. The molecular weight excluding hydrogens is 306 g/mol. The molecule has 3 aromatic rings. The molecule has 6 nitrogen and oxygen atoms in total. The average molecular weight is 321 g/mol. The van der Waals surface area contributed by atoms with Gasteiger partial charge < -0.3 is 10.1 Å². The Bertz CT molecular complexity index is 906. The van der Waals surface area contributed by atoms with Crippen LogP contribution in [0.25, 0.3) is 11.5 Å². The maximum absolute atomic E-state index is 12.4. The zero-order chi connectivity index (χ0) is 16.9. The number of Topliss-reactive ketones (excluding diaryl/α,β-unsaturated/α-hetero) is 1. The number of pyridine rings is 1. The lowest BCUT2D eigenvalue weighted by molar-refractivity contribution is 0.0974. The van der Waals surface area contributed by atoms with E-state index in [1.165, 1.54) is 0 Å². The van der Waals surface area contributed by atoms with E-state index >= 15 is 0 Å². The number of nitrogens with one attached hydrogen (secondary N) is 1. The monoisotopic (exact) mass is 321 g/mol. The van der Waals surface area contributed by atoms with E-state index in [4.69, 9.17) is 0 Å². The van der Waals surface area contributed by atoms with Crippen molar-refractivity contribution in [3.63, 3.8) is 0 Å². The van der Waals surface area contributed by atoms with Crippen LogP contribution >= 0.6 is 0 Å². The molecular formula is C18H15N3O3. The first-order chi connectivity index (χ1) is 11.6. The summed E-state index contributed by atoms with van der Waals surface area (Å²) in [7, 11) is 0. The second kappa shape index (κ2) is 6.87. The Hall–Kier alpha value is -3.28. The smallest absolute Gasteiger partial charge is 0.294 e. The third kappa shape index (κ3) is 3.38. The average Bonchev–Trinajstić information content (AvgIpc) is 2.63. The van der Waals surface area contributed by atoms with Gasteiger partial charge in [0.25, 0.3) is 5.56 Å². The number of aromatic amines is 1. The van der Waals surface area contributed by atoms with E-state index in [0.717, 1.165) is 5.56 Å². The number of aromatic hydroxyl groups is 1. The molecule has 0 aliphatic carbocycles. The Balaban J connectivity index is 1.88. The number of carbonyl (C=O) groups excluding carboxylic acids is 1. The van der Waals surface area contributed by atoms with E-state index in [0.29, 0.717) is 12.1 Å². The highest BCUT2D eigenvalue weighted by Crippen LogP contribution is 2.17. The summed E-state index contributed by atoms with van der Waals surface area (Å²) in [6.45, 7) is 0. The van der Waals surface area contributed by atoms with Crippen molar-refractivity contribution in [1.29, 1.82) is 0 Å². The van der Waals surface area contributed by atoms with Gasteiger partial charge in [0.15, 0.2) is 17.3 Å². The molecule has 0 aliphatic heterocycles. The topological polar surface area (TPSA) is 95.9 Å². The van der Waals surface area contributed by atoms with Crippen molar-refractivity contribution < 1.29 is 9.90 Å². The maximum atomic E-state index is 12.4. The zero-order valence-corrected chi connectivity index (χ0v) is 12.8. The van der Waals surface area contributed by atoms with E-state index in [-0.39, 0.29) is 23.7 Å². The van der Waals surface area contributed by atoms with Crippen molar-refractivity contribution in [2.75, 3.05) is 0 Å². The molecule has 2 N–H and O–H groups in total. The van der Waals surface area contributed by atoms with E-state index < -0.39 is 11.3 Å². The molecule has 1 aromatic carbocycles.